The van der Waals surface area contributed by atoms with Crippen molar-refractivity contribution in [1.82, 2.24) is 10.3 Å². The zero-order valence-electron chi connectivity index (χ0n) is 12.2. The number of nitrogens with one attached hydrogen (secondary N) is 1. The van der Waals surface area contributed by atoms with Crippen LogP contribution in [0.3, 0.4) is 0 Å². The SMILES string of the molecule is CCc1cc(C(=O)NC2CCC(SC)CC2)cc(N)n1. The molecule has 0 aromatic carbocycles. The van der Waals surface area contributed by atoms with Crippen LogP contribution in [-0.4, -0.2) is 28.4 Å². The van der Waals surface area contributed by atoms with Crippen molar-refractivity contribution in [2.24, 2.45) is 0 Å². The molecular weight excluding hydrogens is 270 g/mol. The van der Waals surface area contributed by atoms with Crippen LogP contribution in [0.4, 0.5) is 5.82 Å². The molecule has 5 heteroatoms. The summed E-state index contributed by atoms with van der Waals surface area (Å²) in [5.74, 6) is 0.391. The van der Waals surface area contributed by atoms with Gasteiger partial charge < -0.3 is 11.1 Å². The highest BCUT2D eigenvalue weighted by Gasteiger charge is 2.22. The number of carbonyl (C=O) groups excluding carboxylic acids is 1. The lowest BCUT2D eigenvalue weighted by atomic mass is 9.94. The van der Waals surface area contributed by atoms with E-state index in [-0.39, 0.29) is 5.91 Å². The summed E-state index contributed by atoms with van der Waals surface area (Å²) >= 11 is 1.93. The molecular formula is C15H23N3OS. The lowest BCUT2D eigenvalue weighted by molar-refractivity contribution is 0.0928. The molecule has 3 N–H and O–H groups in total. The minimum Gasteiger partial charge on any atom is -0.384 e. The minimum absolute atomic E-state index is 0.0265. The number of anilines is 1. The van der Waals surface area contributed by atoms with Gasteiger partial charge in [0.25, 0.3) is 5.91 Å². The summed E-state index contributed by atoms with van der Waals surface area (Å²) in [5.41, 5.74) is 7.24. The Hall–Kier alpha value is -1.23. The highest BCUT2D eigenvalue weighted by atomic mass is 32.2. The molecule has 1 aromatic rings. The summed E-state index contributed by atoms with van der Waals surface area (Å²) in [6.07, 6.45) is 7.45. The summed E-state index contributed by atoms with van der Waals surface area (Å²) in [7, 11) is 0. The van der Waals surface area contributed by atoms with Gasteiger partial charge >= 0.3 is 0 Å². The summed E-state index contributed by atoms with van der Waals surface area (Å²) in [6, 6.07) is 3.78. The third kappa shape index (κ3) is 3.88. The largest absolute Gasteiger partial charge is 0.384 e. The van der Waals surface area contributed by atoms with Crippen molar-refractivity contribution in [2.75, 3.05) is 12.0 Å². The molecule has 1 heterocycles. The zero-order chi connectivity index (χ0) is 14.5. The van der Waals surface area contributed by atoms with Crippen LogP contribution in [0.5, 0.6) is 0 Å². The highest BCUT2D eigenvalue weighted by molar-refractivity contribution is 7.99. The lowest BCUT2D eigenvalue weighted by Gasteiger charge is -2.28. The van der Waals surface area contributed by atoms with Crippen molar-refractivity contribution in [3.05, 3.63) is 23.4 Å². The summed E-state index contributed by atoms with van der Waals surface area (Å²) in [4.78, 5) is 16.5. The second-order valence-corrected chi connectivity index (χ2v) is 6.45. The van der Waals surface area contributed by atoms with Crippen LogP contribution in [0.2, 0.25) is 0 Å². The summed E-state index contributed by atoms with van der Waals surface area (Å²) < 4.78 is 0. The first-order valence-corrected chi connectivity index (χ1v) is 8.51. The van der Waals surface area contributed by atoms with Gasteiger partial charge in [-0.05, 0) is 50.5 Å². The Morgan fingerprint density at radius 3 is 2.70 bits per heavy atom. The van der Waals surface area contributed by atoms with Gasteiger partial charge in [0.1, 0.15) is 5.82 Å². The molecule has 1 aromatic heterocycles. The molecule has 1 aliphatic rings. The van der Waals surface area contributed by atoms with E-state index in [0.29, 0.717) is 17.4 Å². The van der Waals surface area contributed by atoms with Crippen LogP contribution >= 0.6 is 11.8 Å². The van der Waals surface area contributed by atoms with Crippen LogP contribution in [-0.2, 0) is 6.42 Å². The predicted molar refractivity (Wildman–Crippen MR) is 85.1 cm³/mol. The maximum atomic E-state index is 12.3. The number of pyridine rings is 1. The van der Waals surface area contributed by atoms with E-state index in [1.54, 1.807) is 6.07 Å². The summed E-state index contributed by atoms with van der Waals surface area (Å²) in [6.45, 7) is 2.01. The molecule has 1 saturated carbocycles. The molecule has 0 radical (unpaired) electrons. The Labute approximate surface area is 124 Å². The van der Waals surface area contributed by atoms with E-state index in [2.05, 4.69) is 16.6 Å². The van der Waals surface area contributed by atoms with Crippen molar-refractivity contribution >= 4 is 23.5 Å². The van der Waals surface area contributed by atoms with Gasteiger partial charge in [0.15, 0.2) is 0 Å². The van der Waals surface area contributed by atoms with Crippen molar-refractivity contribution in [1.29, 1.82) is 0 Å². The normalized spacial score (nSPS) is 22.5. The lowest BCUT2D eigenvalue weighted by Crippen LogP contribution is -2.38. The summed E-state index contributed by atoms with van der Waals surface area (Å²) in [5, 5.41) is 3.88. The van der Waals surface area contributed by atoms with E-state index in [0.717, 1.165) is 30.2 Å². The first-order valence-electron chi connectivity index (χ1n) is 7.22. The molecule has 0 saturated heterocycles. The average Bonchev–Trinajstić information content (AvgIpc) is 2.47. The van der Waals surface area contributed by atoms with Crippen LogP contribution in [0.1, 0.15) is 48.7 Å². The molecule has 1 amide bonds. The van der Waals surface area contributed by atoms with Gasteiger partial charge in [0, 0.05) is 22.5 Å². The Kier molecular flexibility index (Phi) is 5.29. The predicted octanol–water partition coefficient (Wildman–Crippen LogP) is 2.63. The van der Waals surface area contributed by atoms with Gasteiger partial charge in [-0.3, -0.25) is 4.79 Å². The molecule has 1 fully saturated rings. The van der Waals surface area contributed by atoms with E-state index in [1.165, 1.54) is 12.8 Å². The maximum absolute atomic E-state index is 12.3. The van der Waals surface area contributed by atoms with Gasteiger partial charge in [0.2, 0.25) is 0 Å². The number of hydrogen-bond donors (Lipinski definition) is 2. The van der Waals surface area contributed by atoms with E-state index >= 15 is 0 Å². The van der Waals surface area contributed by atoms with Crippen LogP contribution < -0.4 is 11.1 Å². The van der Waals surface area contributed by atoms with E-state index in [9.17, 15) is 4.79 Å². The van der Waals surface area contributed by atoms with E-state index < -0.39 is 0 Å². The van der Waals surface area contributed by atoms with Crippen molar-refractivity contribution in [3.8, 4) is 0 Å². The van der Waals surface area contributed by atoms with Crippen molar-refractivity contribution in [2.45, 2.75) is 50.3 Å². The van der Waals surface area contributed by atoms with Crippen LogP contribution in [0.15, 0.2) is 12.1 Å². The molecule has 20 heavy (non-hydrogen) atoms. The second-order valence-electron chi connectivity index (χ2n) is 5.31. The molecule has 0 aliphatic heterocycles. The van der Waals surface area contributed by atoms with E-state index in [4.69, 9.17) is 5.73 Å². The number of hydrogen-bond acceptors (Lipinski definition) is 4. The number of amides is 1. The third-order valence-electron chi connectivity index (χ3n) is 3.87. The first kappa shape index (κ1) is 15.2. The molecule has 0 spiro atoms. The fraction of sp³-hybridized carbons (Fsp3) is 0.600. The molecule has 110 valence electrons. The Bertz CT molecular complexity index is 470. The Morgan fingerprint density at radius 1 is 1.40 bits per heavy atom. The molecule has 0 bridgehead atoms. The number of rotatable bonds is 4. The monoisotopic (exact) mass is 293 g/mol. The number of nitrogen functional groups attached to an aromatic ring is 1. The number of nitrogens with two attached hydrogens (primary N) is 1. The topological polar surface area (TPSA) is 68.0 Å². The quantitative estimate of drug-likeness (QED) is 0.895. The number of thioether (sulfide) groups is 1. The second kappa shape index (κ2) is 6.97. The maximum Gasteiger partial charge on any atom is 0.251 e. The van der Waals surface area contributed by atoms with E-state index in [1.807, 2.05) is 24.8 Å². The zero-order valence-corrected chi connectivity index (χ0v) is 13.0. The Balaban J connectivity index is 1.97. The van der Waals surface area contributed by atoms with Crippen molar-refractivity contribution in [3.63, 3.8) is 0 Å². The van der Waals surface area contributed by atoms with Gasteiger partial charge in [-0.25, -0.2) is 4.98 Å². The number of aromatic nitrogens is 1. The third-order valence-corrected chi connectivity index (χ3v) is 5.00. The van der Waals surface area contributed by atoms with Gasteiger partial charge in [-0.2, -0.15) is 11.8 Å². The van der Waals surface area contributed by atoms with Crippen LogP contribution in [0.25, 0.3) is 0 Å². The fourth-order valence-electron chi connectivity index (χ4n) is 2.63. The molecule has 0 unspecified atom stereocenters. The smallest absolute Gasteiger partial charge is 0.251 e. The molecule has 1 aliphatic carbocycles. The number of carbonyl (C=O) groups is 1. The first-order chi connectivity index (χ1) is 9.62. The molecule has 2 rings (SSSR count). The number of nitrogens with zero attached hydrogens (tertiary/aromatic N) is 1. The van der Waals surface area contributed by atoms with Gasteiger partial charge in [-0.1, -0.05) is 6.92 Å². The highest BCUT2D eigenvalue weighted by Crippen LogP contribution is 2.27. The van der Waals surface area contributed by atoms with Crippen molar-refractivity contribution < 1.29 is 4.79 Å². The van der Waals surface area contributed by atoms with Crippen LogP contribution in [0, 0.1) is 0 Å². The van der Waals surface area contributed by atoms with Gasteiger partial charge in [0.05, 0.1) is 0 Å². The Morgan fingerprint density at radius 2 is 2.10 bits per heavy atom. The van der Waals surface area contributed by atoms with Gasteiger partial charge in [-0.15, -0.1) is 0 Å². The molecule has 0 atom stereocenters. The standard InChI is InChI=1S/C15H23N3OS/c1-3-11-8-10(9-14(16)17-11)15(19)18-12-4-6-13(20-2)7-5-12/h8-9,12-13H,3-7H2,1-2H3,(H2,16,17)(H,18,19). The minimum atomic E-state index is -0.0265. The fourth-order valence-corrected chi connectivity index (χ4v) is 3.38. The number of aryl methyl sites for hydroxylation is 1. The average molecular weight is 293 g/mol. The molecule has 4 nitrogen and oxygen atoms in total.